The van der Waals surface area contributed by atoms with Crippen molar-refractivity contribution in [3.8, 4) is 12.1 Å². The van der Waals surface area contributed by atoms with E-state index in [4.69, 9.17) is 33.7 Å². The molecule has 0 aliphatic carbocycles. The van der Waals surface area contributed by atoms with E-state index in [1.807, 2.05) is 19.1 Å². The van der Waals surface area contributed by atoms with Crippen molar-refractivity contribution in [3.63, 3.8) is 0 Å². The van der Waals surface area contributed by atoms with Gasteiger partial charge >= 0.3 is 0 Å². The Kier molecular flexibility index (Phi) is 4.70. The van der Waals surface area contributed by atoms with E-state index in [-0.39, 0.29) is 6.04 Å². The quantitative estimate of drug-likeness (QED) is 0.875. The van der Waals surface area contributed by atoms with Gasteiger partial charge in [-0.15, -0.1) is 0 Å². The highest BCUT2D eigenvalue weighted by Crippen LogP contribution is 2.29. The molecule has 0 aliphatic heterocycles. The van der Waals surface area contributed by atoms with Crippen molar-refractivity contribution in [2.24, 2.45) is 0 Å². The second-order valence-electron chi connectivity index (χ2n) is 4.52. The van der Waals surface area contributed by atoms with Crippen LogP contribution < -0.4 is 5.32 Å². The zero-order chi connectivity index (χ0) is 15.4. The number of benzene rings is 2. The van der Waals surface area contributed by atoms with E-state index >= 15 is 0 Å². The van der Waals surface area contributed by atoms with Gasteiger partial charge < -0.3 is 5.32 Å². The maximum atomic E-state index is 9.04. The first kappa shape index (κ1) is 15.2. The highest BCUT2D eigenvalue weighted by molar-refractivity contribution is 6.33. The number of nitrogens with zero attached hydrogens (tertiary/aromatic N) is 2. The van der Waals surface area contributed by atoms with Crippen molar-refractivity contribution < 1.29 is 0 Å². The fourth-order valence-corrected chi connectivity index (χ4v) is 2.46. The molecule has 0 aliphatic rings. The lowest BCUT2D eigenvalue weighted by Gasteiger charge is -2.17. The molecule has 1 N–H and O–H groups in total. The second kappa shape index (κ2) is 6.50. The molecule has 2 rings (SSSR count). The number of halogens is 2. The van der Waals surface area contributed by atoms with Crippen LogP contribution in [0.25, 0.3) is 0 Å². The van der Waals surface area contributed by atoms with Crippen LogP contribution in [0.15, 0.2) is 36.4 Å². The van der Waals surface area contributed by atoms with Crippen molar-refractivity contribution in [1.29, 1.82) is 10.5 Å². The van der Waals surface area contributed by atoms with Crippen molar-refractivity contribution in [2.75, 3.05) is 5.32 Å². The van der Waals surface area contributed by atoms with Crippen LogP contribution in [-0.2, 0) is 0 Å². The predicted octanol–water partition coefficient (Wildman–Crippen LogP) is 4.91. The summed E-state index contributed by atoms with van der Waals surface area (Å²) in [6.07, 6.45) is 0. The van der Waals surface area contributed by atoms with Gasteiger partial charge in [-0.1, -0.05) is 23.2 Å². The molecule has 1 unspecified atom stereocenters. The molecule has 2 aromatic carbocycles. The molecule has 0 aromatic heterocycles. The molecular formula is C16H11Cl2N3. The predicted molar refractivity (Wildman–Crippen MR) is 84.4 cm³/mol. The number of rotatable bonds is 3. The third-order valence-corrected chi connectivity index (χ3v) is 3.65. The van der Waals surface area contributed by atoms with Gasteiger partial charge in [-0.3, -0.25) is 0 Å². The van der Waals surface area contributed by atoms with E-state index in [1.54, 1.807) is 36.4 Å². The Labute approximate surface area is 133 Å². The molecule has 0 saturated heterocycles. The Hall–Kier alpha value is -2.20. The third kappa shape index (κ3) is 3.47. The SMILES string of the molecule is CC(Nc1ccc(C#N)c(C#N)c1)c1cc(Cl)ccc1Cl. The first-order chi connectivity index (χ1) is 10.0. The van der Waals surface area contributed by atoms with Crippen LogP contribution in [-0.4, -0.2) is 0 Å². The molecular weight excluding hydrogens is 305 g/mol. The topological polar surface area (TPSA) is 59.6 Å². The normalized spacial score (nSPS) is 11.3. The summed E-state index contributed by atoms with van der Waals surface area (Å²) < 4.78 is 0. The van der Waals surface area contributed by atoms with E-state index in [0.717, 1.165) is 11.3 Å². The van der Waals surface area contributed by atoms with Gasteiger partial charge in [-0.25, -0.2) is 0 Å². The Morgan fingerprint density at radius 1 is 1.00 bits per heavy atom. The van der Waals surface area contributed by atoms with Gasteiger partial charge in [0.05, 0.1) is 17.2 Å². The zero-order valence-corrected chi connectivity index (χ0v) is 12.7. The molecule has 0 radical (unpaired) electrons. The van der Waals surface area contributed by atoms with Gasteiger partial charge in [0.1, 0.15) is 12.1 Å². The summed E-state index contributed by atoms with van der Waals surface area (Å²) in [4.78, 5) is 0. The lowest BCUT2D eigenvalue weighted by Crippen LogP contribution is -2.07. The molecule has 3 nitrogen and oxygen atoms in total. The second-order valence-corrected chi connectivity index (χ2v) is 5.36. The van der Waals surface area contributed by atoms with Gasteiger partial charge in [0.15, 0.2) is 0 Å². The zero-order valence-electron chi connectivity index (χ0n) is 11.2. The highest BCUT2D eigenvalue weighted by Gasteiger charge is 2.11. The average molecular weight is 316 g/mol. The molecule has 2 aromatic rings. The Morgan fingerprint density at radius 3 is 2.38 bits per heavy atom. The molecule has 0 heterocycles. The highest BCUT2D eigenvalue weighted by atomic mass is 35.5. The standard InChI is InChI=1S/C16H11Cl2N3/c1-10(15-7-13(17)3-5-16(15)18)21-14-4-2-11(8-19)12(6-14)9-20/h2-7,10,21H,1H3. The van der Waals surface area contributed by atoms with E-state index in [0.29, 0.717) is 21.2 Å². The van der Waals surface area contributed by atoms with Gasteiger partial charge in [-0.05, 0) is 48.9 Å². The third-order valence-electron chi connectivity index (χ3n) is 3.07. The summed E-state index contributed by atoms with van der Waals surface area (Å²) in [5.41, 5.74) is 2.31. The summed E-state index contributed by atoms with van der Waals surface area (Å²) in [5.74, 6) is 0. The maximum Gasteiger partial charge on any atom is 0.101 e. The molecule has 1 atom stereocenters. The molecule has 0 bridgehead atoms. The van der Waals surface area contributed by atoms with Gasteiger partial charge in [-0.2, -0.15) is 10.5 Å². The lowest BCUT2D eigenvalue weighted by molar-refractivity contribution is 0.885. The Bertz CT molecular complexity index is 757. The molecule has 0 saturated carbocycles. The molecule has 104 valence electrons. The van der Waals surface area contributed by atoms with E-state index < -0.39 is 0 Å². The van der Waals surface area contributed by atoms with E-state index in [9.17, 15) is 0 Å². The molecule has 0 fully saturated rings. The van der Waals surface area contributed by atoms with Crippen LogP contribution >= 0.6 is 23.2 Å². The minimum absolute atomic E-state index is 0.0873. The molecule has 21 heavy (non-hydrogen) atoms. The first-order valence-electron chi connectivity index (χ1n) is 6.21. The Morgan fingerprint density at radius 2 is 1.71 bits per heavy atom. The monoisotopic (exact) mass is 315 g/mol. The number of anilines is 1. The summed E-state index contributed by atoms with van der Waals surface area (Å²) in [5, 5.41) is 22.4. The van der Waals surface area contributed by atoms with Gasteiger partial charge in [0.2, 0.25) is 0 Å². The fourth-order valence-electron chi connectivity index (χ4n) is 2.00. The minimum atomic E-state index is -0.0873. The van der Waals surface area contributed by atoms with Gasteiger partial charge in [0, 0.05) is 15.7 Å². The number of hydrogen-bond acceptors (Lipinski definition) is 3. The largest absolute Gasteiger partial charge is 0.378 e. The summed E-state index contributed by atoms with van der Waals surface area (Å²) >= 11 is 12.2. The van der Waals surface area contributed by atoms with Crippen LogP contribution in [0.4, 0.5) is 5.69 Å². The minimum Gasteiger partial charge on any atom is -0.378 e. The fraction of sp³-hybridized carbons (Fsp3) is 0.125. The molecule has 0 amide bonds. The maximum absolute atomic E-state index is 9.04. The van der Waals surface area contributed by atoms with Crippen LogP contribution in [0, 0.1) is 22.7 Å². The molecule has 5 heteroatoms. The van der Waals surface area contributed by atoms with Crippen LogP contribution in [0.5, 0.6) is 0 Å². The van der Waals surface area contributed by atoms with Crippen LogP contribution in [0.1, 0.15) is 29.7 Å². The van der Waals surface area contributed by atoms with Crippen LogP contribution in [0.2, 0.25) is 10.0 Å². The Balaban J connectivity index is 2.28. The number of nitriles is 2. The summed E-state index contributed by atoms with van der Waals surface area (Å²) in [6.45, 7) is 1.95. The number of nitrogens with one attached hydrogen (secondary N) is 1. The van der Waals surface area contributed by atoms with Gasteiger partial charge in [0.25, 0.3) is 0 Å². The van der Waals surface area contributed by atoms with Crippen molar-refractivity contribution >= 4 is 28.9 Å². The molecule has 0 spiro atoms. The van der Waals surface area contributed by atoms with E-state index in [2.05, 4.69) is 5.32 Å². The first-order valence-corrected chi connectivity index (χ1v) is 6.96. The average Bonchev–Trinajstić information content (AvgIpc) is 2.49. The van der Waals surface area contributed by atoms with Crippen molar-refractivity contribution in [3.05, 3.63) is 63.1 Å². The van der Waals surface area contributed by atoms with Crippen molar-refractivity contribution in [2.45, 2.75) is 13.0 Å². The smallest absolute Gasteiger partial charge is 0.101 e. The van der Waals surface area contributed by atoms with Crippen LogP contribution in [0.3, 0.4) is 0 Å². The summed E-state index contributed by atoms with van der Waals surface area (Å²) in [7, 11) is 0. The van der Waals surface area contributed by atoms with E-state index in [1.165, 1.54) is 0 Å². The lowest BCUT2D eigenvalue weighted by atomic mass is 10.1. The van der Waals surface area contributed by atoms with Crippen molar-refractivity contribution in [1.82, 2.24) is 0 Å². The summed E-state index contributed by atoms with van der Waals surface area (Å²) in [6, 6.07) is 14.2. The number of hydrogen-bond donors (Lipinski definition) is 1.